The lowest BCUT2D eigenvalue weighted by Crippen LogP contribution is -1.86. The molecule has 1 heterocycles. The highest BCUT2D eigenvalue weighted by Crippen LogP contribution is 2.30. The Morgan fingerprint density at radius 3 is 2.79 bits per heavy atom. The quantitative estimate of drug-likeness (QED) is 0.786. The Kier molecular flexibility index (Phi) is 2.11. The molecule has 0 aliphatic rings. The van der Waals surface area contributed by atoms with Crippen LogP contribution in [0.3, 0.4) is 0 Å². The van der Waals surface area contributed by atoms with Crippen LogP contribution in [0.4, 0.5) is 6.01 Å². The van der Waals surface area contributed by atoms with E-state index in [-0.39, 0.29) is 0 Å². The molecule has 14 heavy (non-hydrogen) atoms. The number of aromatic nitrogens is 1. The summed E-state index contributed by atoms with van der Waals surface area (Å²) in [5, 5.41) is 3.62. The molecule has 0 bridgehead atoms. The van der Waals surface area contributed by atoms with E-state index in [1.807, 2.05) is 19.9 Å². The van der Waals surface area contributed by atoms with Gasteiger partial charge in [-0.2, -0.15) is 4.98 Å². The van der Waals surface area contributed by atoms with Crippen LogP contribution in [0.2, 0.25) is 5.02 Å². The van der Waals surface area contributed by atoms with Crippen LogP contribution in [0.1, 0.15) is 11.1 Å². The zero-order valence-electron chi connectivity index (χ0n) is 8.31. The van der Waals surface area contributed by atoms with Gasteiger partial charge >= 0.3 is 0 Å². The topological polar surface area (TPSA) is 38.1 Å². The second-order valence-electron chi connectivity index (χ2n) is 3.25. The predicted molar refractivity (Wildman–Crippen MR) is 58.0 cm³/mol. The number of oxazole rings is 1. The number of benzene rings is 1. The Morgan fingerprint density at radius 2 is 2.14 bits per heavy atom. The molecule has 0 unspecified atom stereocenters. The fraction of sp³-hybridized carbons (Fsp3) is 0.300. The van der Waals surface area contributed by atoms with Crippen molar-refractivity contribution in [2.45, 2.75) is 13.8 Å². The Morgan fingerprint density at radius 1 is 1.43 bits per heavy atom. The van der Waals surface area contributed by atoms with E-state index < -0.39 is 0 Å². The summed E-state index contributed by atoms with van der Waals surface area (Å²) < 4.78 is 5.45. The average Bonchev–Trinajstić information content (AvgIpc) is 2.57. The molecule has 0 saturated heterocycles. The lowest BCUT2D eigenvalue weighted by atomic mass is 10.1. The highest BCUT2D eigenvalue weighted by atomic mass is 35.5. The van der Waals surface area contributed by atoms with E-state index >= 15 is 0 Å². The normalized spacial score (nSPS) is 10.9. The minimum atomic E-state index is 0.518. The van der Waals surface area contributed by atoms with Crippen molar-refractivity contribution in [3.63, 3.8) is 0 Å². The third-order valence-corrected chi connectivity index (χ3v) is 2.83. The number of nitrogens with zero attached hydrogens (tertiary/aromatic N) is 1. The number of halogens is 1. The predicted octanol–water partition coefficient (Wildman–Crippen LogP) is 3.14. The van der Waals surface area contributed by atoms with Crippen molar-refractivity contribution in [1.29, 1.82) is 0 Å². The number of anilines is 1. The molecule has 74 valence electrons. The van der Waals surface area contributed by atoms with Gasteiger partial charge in [0.15, 0.2) is 5.58 Å². The van der Waals surface area contributed by atoms with Crippen molar-refractivity contribution in [1.82, 2.24) is 4.98 Å². The first-order valence-corrected chi connectivity index (χ1v) is 4.75. The summed E-state index contributed by atoms with van der Waals surface area (Å²) in [6.07, 6.45) is 0. The molecule has 3 nitrogen and oxygen atoms in total. The van der Waals surface area contributed by atoms with Gasteiger partial charge in [-0.1, -0.05) is 11.6 Å². The van der Waals surface area contributed by atoms with Crippen LogP contribution in [0, 0.1) is 13.8 Å². The van der Waals surface area contributed by atoms with E-state index in [4.69, 9.17) is 16.0 Å². The highest BCUT2D eigenvalue weighted by Gasteiger charge is 2.11. The summed E-state index contributed by atoms with van der Waals surface area (Å²) in [5.41, 5.74) is 3.57. The number of fused-ring (bicyclic) bond motifs is 1. The van der Waals surface area contributed by atoms with Gasteiger partial charge in [0.2, 0.25) is 0 Å². The molecule has 0 atom stereocenters. The van der Waals surface area contributed by atoms with Crippen LogP contribution < -0.4 is 5.32 Å². The van der Waals surface area contributed by atoms with E-state index in [1.54, 1.807) is 7.05 Å². The molecule has 0 fully saturated rings. The van der Waals surface area contributed by atoms with Gasteiger partial charge in [-0.15, -0.1) is 0 Å². The van der Waals surface area contributed by atoms with Gasteiger partial charge in [0, 0.05) is 12.1 Å². The number of nitrogens with one attached hydrogen (secondary N) is 1. The van der Waals surface area contributed by atoms with Gasteiger partial charge in [0.05, 0.1) is 0 Å². The minimum absolute atomic E-state index is 0.518. The molecule has 0 spiro atoms. The fourth-order valence-corrected chi connectivity index (χ4v) is 1.61. The van der Waals surface area contributed by atoms with Crippen molar-refractivity contribution >= 4 is 28.7 Å². The van der Waals surface area contributed by atoms with E-state index in [9.17, 15) is 0 Å². The molecule has 0 radical (unpaired) electrons. The highest BCUT2D eigenvalue weighted by molar-refractivity contribution is 6.33. The molecule has 0 aliphatic carbocycles. The van der Waals surface area contributed by atoms with Crippen LogP contribution in [0.5, 0.6) is 0 Å². The smallest absolute Gasteiger partial charge is 0.295 e. The van der Waals surface area contributed by atoms with Crippen LogP contribution >= 0.6 is 11.6 Å². The maximum absolute atomic E-state index is 6.11. The van der Waals surface area contributed by atoms with Crippen molar-refractivity contribution in [2.75, 3.05) is 12.4 Å². The number of hydrogen-bond donors (Lipinski definition) is 1. The Bertz CT molecular complexity index is 490. The standard InChI is InChI=1S/C10H11ClN2O/c1-5-4-7-9(6(2)8(5)11)13-10(12-3)14-7/h4H,1-3H3,(H,12,13). The number of hydrogen-bond acceptors (Lipinski definition) is 3. The summed E-state index contributed by atoms with van der Waals surface area (Å²) in [6, 6.07) is 2.42. The summed E-state index contributed by atoms with van der Waals surface area (Å²) in [5.74, 6) is 0. The van der Waals surface area contributed by atoms with E-state index in [1.165, 1.54) is 0 Å². The lowest BCUT2D eigenvalue weighted by Gasteiger charge is -2.00. The second kappa shape index (κ2) is 3.17. The molecule has 4 heteroatoms. The molecular formula is C10H11ClN2O. The Labute approximate surface area is 87.1 Å². The fourth-order valence-electron chi connectivity index (χ4n) is 1.47. The van der Waals surface area contributed by atoms with E-state index in [0.717, 1.165) is 27.2 Å². The molecule has 1 N–H and O–H groups in total. The van der Waals surface area contributed by atoms with E-state index in [2.05, 4.69) is 10.3 Å². The van der Waals surface area contributed by atoms with Crippen molar-refractivity contribution in [2.24, 2.45) is 0 Å². The Hall–Kier alpha value is -1.22. The van der Waals surface area contributed by atoms with Crippen molar-refractivity contribution < 1.29 is 4.42 Å². The maximum atomic E-state index is 6.11. The van der Waals surface area contributed by atoms with Gasteiger partial charge in [-0.05, 0) is 31.0 Å². The van der Waals surface area contributed by atoms with E-state index in [0.29, 0.717) is 6.01 Å². The van der Waals surface area contributed by atoms with Crippen LogP contribution in [0.25, 0.3) is 11.1 Å². The first-order valence-electron chi connectivity index (χ1n) is 4.37. The largest absolute Gasteiger partial charge is 0.424 e. The molecular weight excluding hydrogens is 200 g/mol. The van der Waals surface area contributed by atoms with Crippen LogP contribution in [0.15, 0.2) is 10.5 Å². The third-order valence-electron chi connectivity index (χ3n) is 2.25. The lowest BCUT2D eigenvalue weighted by molar-refractivity contribution is 0.620. The molecule has 2 rings (SSSR count). The third kappa shape index (κ3) is 1.24. The number of rotatable bonds is 1. The van der Waals surface area contributed by atoms with Gasteiger partial charge in [-0.25, -0.2) is 0 Å². The zero-order chi connectivity index (χ0) is 10.3. The van der Waals surface area contributed by atoms with Gasteiger partial charge in [0.25, 0.3) is 6.01 Å². The number of aryl methyl sites for hydroxylation is 2. The summed E-state index contributed by atoms with van der Waals surface area (Å²) in [7, 11) is 1.77. The minimum Gasteiger partial charge on any atom is -0.424 e. The SMILES string of the molecule is CNc1nc2c(C)c(Cl)c(C)cc2o1. The second-order valence-corrected chi connectivity index (χ2v) is 3.63. The molecule has 1 aromatic heterocycles. The first-order chi connectivity index (χ1) is 6.63. The van der Waals surface area contributed by atoms with Crippen molar-refractivity contribution in [3.05, 3.63) is 22.2 Å². The van der Waals surface area contributed by atoms with Crippen LogP contribution in [-0.2, 0) is 0 Å². The zero-order valence-corrected chi connectivity index (χ0v) is 9.07. The van der Waals surface area contributed by atoms with Crippen molar-refractivity contribution in [3.8, 4) is 0 Å². The monoisotopic (exact) mass is 210 g/mol. The summed E-state index contributed by atoms with van der Waals surface area (Å²) in [6.45, 7) is 3.90. The molecule has 2 aromatic rings. The van der Waals surface area contributed by atoms with Gasteiger partial charge in [-0.3, -0.25) is 0 Å². The molecule has 0 amide bonds. The summed E-state index contributed by atoms with van der Waals surface area (Å²) in [4.78, 5) is 4.27. The maximum Gasteiger partial charge on any atom is 0.295 e. The molecule has 0 aliphatic heterocycles. The summed E-state index contributed by atoms with van der Waals surface area (Å²) >= 11 is 6.11. The molecule has 0 saturated carbocycles. The Balaban J connectivity index is 2.81. The first kappa shape index (κ1) is 9.34. The average molecular weight is 211 g/mol. The van der Waals surface area contributed by atoms with Crippen LogP contribution in [-0.4, -0.2) is 12.0 Å². The molecule has 1 aromatic carbocycles. The van der Waals surface area contributed by atoms with Gasteiger partial charge in [0.1, 0.15) is 5.52 Å². The van der Waals surface area contributed by atoms with Gasteiger partial charge < -0.3 is 9.73 Å².